The molecule has 3 heterocycles. The third kappa shape index (κ3) is 3.59. The predicted octanol–water partition coefficient (Wildman–Crippen LogP) is 1.29. The van der Waals surface area contributed by atoms with E-state index in [1.54, 1.807) is 13.4 Å². The highest BCUT2D eigenvalue weighted by Gasteiger charge is 2.33. The molecular weight excluding hydrogens is 306 g/mol. The minimum absolute atomic E-state index is 0.186. The first kappa shape index (κ1) is 16.5. The van der Waals surface area contributed by atoms with E-state index in [2.05, 4.69) is 35.4 Å². The fraction of sp³-hybridized carbons (Fsp3) is 0.562. The van der Waals surface area contributed by atoms with Crippen molar-refractivity contribution in [1.82, 2.24) is 25.1 Å². The lowest BCUT2D eigenvalue weighted by Crippen LogP contribution is -2.36. The van der Waals surface area contributed by atoms with Crippen molar-refractivity contribution in [2.45, 2.75) is 39.3 Å². The molecule has 1 fully saturated rings. The third-order valence-corrected chi connectivity index (χ3v) is 4.38. The van der Waals surface area contributed by atoms with Gasteiger partial charge >= 0.3 is 0 Å². The molecule has 1 N–H and O–H groups in total. The predicted molar refractivity (Wildman–Crippen MR) is 91.1 cm³/mol. The fourth-order valence-electron chi connectivity index (χ4n) is 2.86. The fourth-order valence-corrected chi connectivity index (χ4v) is 2.86. The van der Waals surface area contributed by atoms with Crippen LogP contribution in [0.25, 0.3) is 0 Å². The maximum atomic E-state index is 5.55. The lowest BCUT2D eigenvalue weighted by molar-refractivity contribution is 0.118. The van der Waals surface area contributed by atoms with Crippen molar-refractivity contribution in [2.24, 2.45) is 0 Å². The van der Waals surface area contributed by atoms with Gasteiger partial charge in [0, 0.05) is 32.0 Å². The van der Waals surface area contributed by atoms with E-state index in [-0.39, 0.29) is 12.1 Å². The summed E-state index contributed by atoms with van der Waals surface area (Å²) in [5, 5.41) is 11.5. The van der Waals surface area contributed by atoms with Gasteiger partial charge in [-0.3, -0.25) is 0 Å². The largest absolute Gasteiger partial charge is 0.380 e. The van der Waals surface area contributed by atoms with Crippen molar-refractivity contribution in [2.75, 3.05) is 30.4 Å². The molecular formula is C16H23N7O. The Hall–Kier alpha value is -2.35. The summed E-state index contributed by atoms with van der Waals surface area (Å²) in [6.45, 7) is 7.31. The van der Waals surface area contributed by atoms with Crippen LogP contribution in [0.2, 0.25) is 0 Å². The molecule has 1 aliphatic heterocycles. The van der Waals surface area contributed by atoms with Crippen molar-refractivity contribution in [3.63, 3.8) is 0 Å². The smallest absolute Gasteiger partial charge is 0.243 e. The Kier molecular flexibility index (Phi) is 4.84. The Balaban J connectivity index is 1.72. The van der Waals surface area contributed by atoms with Crippen LogP contribution in [0, 0.1) is 20.8 Å². The summed E-state index contributed by atoms with van der Waals surface area (Å²) in [4.78, 5) is 15.3. The van der Waals surface area contributed by atoms with Crippen molar-refractivity contribution in [3.05, 3.63) is 29.5 Å². The Morgan fingerprint density at radius 1 is 1.21 bits per heavy atom. The number of ether oxygens (including phenoxy) is 1. The summed E-state index contributed by atoms with van der Waals surface area (Å²) in [6, 6.07) is 2.24. The van der Waals surface area contributed by atoms with E-state index in [0.717, 1.165) is 35.9 Å². The molecule has 24 heavy (non-hydrogen) atoms. The molecule has 2 aromatic rings. The van der Waals surface area contributed by atoms with Gasteiger partial charge in [0.2, 0.25) is 5.95 Å². The topological polar surface area (TPSA) is 89.0 Å². The van der Waals surface area contributed by atoms with Crippen molar-refractivity contribution in [1.29, 1.82) is 0 Å². The van der Waals surface area contributed by atoms with E-state index in [4.69, 9.17) is 4.74 Å². The van der Waals surface area contributed by atoms with Gasteiger partial charge in [-0.2, -0.15) is 5.10 Å². The highest BCUT2D eigenvalue weighted by molar-refractivity contribution is 5.43. The number of rotatable bonds is 5. The maximum absolute atomic E-state index is 5.55. The van der Waals surface area contributed by atoms with Crippen LogP contribution < -0.4 is 10.2 Å². The van der Waals surface area contributed by atoms with Gasteiger partial charge in [0.25, 0.3) is 0 Å². The summed E-state index contributed by atoms with van der Waals surface area (Å²) < 4.78 is 5.55. The minimum atomic E-state index is 0.186. The second kappa shape index (κ2) is 7.04. The molecule has 0 amide bonds. The first-order valence-corrected chi connectivity index (χ1v) is 8.06. The molecule has 0 aromatic carbocycles. The van der Waals surface area contributed by atoms with Crippen LogP contribution in [0.15, 0.2) is 12.4 Å². The number of aryl methyl sites for hydroxylation is 3. The molecule has 8 nitrogen and oxygen atoms in total. The van der Waals surface area contributed by atoms with Crippen LogP contribution in [0.5, 0.6) is 0 Å². The molecule has 2 atom stereocenters. The SMILES string of the molecule is CO[C@H]1C[C@@H](CNc2nnc(C)c(C)n2)N(c2cc(C)ncn2)C1. The average Bonchev–Trinajstić information content (AvgIpc) is 2.99. The molecule has 0 bridgehead atoms. The van der Waals surface area contributed by atoms with Crippen LogP contribution in [0.1, 0.15) is 23.5 Å². The number of nitrogens with one attached hydrogen (secondary N) is 1. The van der Waals surface area contributed by atoms with E-state index in [1.165, 1.54) is 0 Å². The number of hydrogen-bond acceptors (Lipinski definition) is 8. The molecule has 0 saturated carbocycles. The standard InChI is InChI=1S/C16H23N7O/c1-10-5-15(19-9-18-10)23-8-14(24-4)6-13(23)7-17-16-20-11(2)12(3)21-22-16/h5,9,13-14H,6-8H2,1-4H3,(H,17,20,22)/t13-,14-/m0/s1. The number of methoxy groups -OCH3 is 1. The lowest BCUT2D eigenvalue weighted by atomic mass is 10.2. The van der Waals surface area contributed by atoms with E-state index < -0.39 is 0 Å². The second-order valence-corrected chi connectivity index (χ2v) is 6.10. The Morgan fingerprint density at radius 2 is 2.04 bits per heavy atom. The van der Waals surface area contributed by atoms with Gasteiger partial charge in [0.1, 0.15) is 12.1 Å². The molecule has 0 unspecified atom stereocenters. The molecule has 3 rings (SSSR count). The molecule has 0 aliphatic carbocycles. The molecule has 1 aliphatic rings. The van der Waals surface area contributed by atoms with Crippen LogP contribution in [0.4, 0.5) is 11.8 Å². The van der Waals surface area contributed by atoms with Gasteiger partial charge in [-0.15, -0.1) is 5.10 Å². The molecule has 128 valence electrons. The average molecular weight is 329 g/mol. The Bertz CT molecular complexity index is 709. The lowest BCUT2D eigenvalue weighted by Gasteiger charge is -2.25. The number of anilines is 2. The van der Waals surface area contributed by atoms with E-state index in [9.17, 15) is 0 Å². The first-order chi connectivity index (χ1) is 11.6. The van der Waals surface area contributed by atoms with Crippen LogP contribution >= 0.6 is 0 Å². The minimum Gasteiger partial charge on any atom is -0.380 e. The summed E-state index contributed by atoms with van der Waals surface area (Å²) >= 11 is 0. The number of hydrogen-bond donors (Lipinski definition) is 1. The van der Waals surface area contributed by atoms with Gasteiger partial charge in [-0.1, -0.05) is 0 Å². The monoisotopic (exact) mass is 329 g/mol. The Labute approximate surface area is 141 Å². The van der Waals surface area contributed by atoms with Gasteiger partial charge in [0.05, 0.1) is 23.5 Å². The third-order valence-electron chi connectivity index (χ3n) is 4.38. The zero-order valence-electron chi connectivity index (χ0n) is 14.5. The molecule has 8 heteroatoms. The van der Waals surface area contributed by atoms with Crippen LogP contribution in [-0.2, 0) is 4.74 Å². The van der Waals surface area contributed by atoms with Gasteiger partial charge in [0.15, 0.2) is 0 Å². The van der Waals surface area contributed by atoms with E-state index in [1.807, 2.05) is 26.8 Å². The van der Waals surface area contributed by atoms with Crippen molar-refractivity contribution < 1.29 is 4.74 Å². The Morgan fingerprint density at radius 3 is 2.75 bits per heavy atom. The van der Waals surface area contributed by atoms with Gasteiger partial charge in [-0.25, -0.2) is 15.0 Å². The molecule has 0 spiro atoms. The number of aromatic nitrogens is 5. The highest BCUT2D eigenvalue weighted by atomic mass is 16.5. The van der Waals surface area contributed by atoms with Crippen molar-refractivity contribution >= 4 is 11.8 Å². The first-order valence-electron chi connectivity index (χ1n) is 8.06. The van der Waals surface area contributed by atoms with E-state index in [0.29, 0.717) is 12.5 Å². The van der Waals surface area contributed by atoms with Crippen LogP contribution in [-0.4, -0.2) is 57.5 Å². The second-order valence-electron chi connectivity index (χ2n) is 6.10. The summed E-state index contributed by atoms with van der Waals surface area (Å²) in [5.74, 6) is 1.48. The van der Waals surface area contributed by atoms with Gasteiger partial charge in [-0.05, 0) is 27.2 Å². The zero-order valence-corrected chi connectivity index (χ0v) is 14.5. The van der Waals surface area contributed by atoms with Gasteiger partial charge < -0.3 is 15.0 Å². The quantitative estimate of drug-likeness (QED) is 0.878. The maximum Gasteiger partial charge on any atom is 0.243 e. The number of nitrogens with zero attached hydrogens (tertiary/aromatic N) is 6. The highest BCUT2D eigenvalue weighted by Crippen LogP contribution is 2.25. The molecule has 2 aromatic heterocycles. The van der Waals surface area contributed by atoms with Crippen LogP contribution in [0.3, 0.4) is 0 Å². The summed E-state index contributed by atoms with van der Waals surface area (Å²) in [5.41, 5.74) is 2.69. The zero-order chi connectivity index (χ0) is 17.1. The van der Waals surface area contributed by atoms with E-state index >= 15 is 0 Å². The molecule has 0 radical (unpaired) electrons. The van der Waals surface area contributed by atoms with Crippen molar-refractivity contribution in [3.8, 4) is 0 Å². The summed E-state index contributed by atoms with van der Waals surface area (Å²) in [6.07, 6.45) is 2.71. The normalized spacial score (nSPS) is 20.4. The molecule has 1 saturated heterocycles. The summed E-state index contributed by atoms with van der Waals surface area (Å²) in [7, 11) is 1.75.